The number of aromatic nitrogens is 4. The highest BCUT2D eigenvalue weighted by Gasteiger charge is 2.45. The SMILES string of the molecule is CNS(=O)(=O)O[C@@H]1C[C@@H](Nc2ncncc2C(=O)c2ccn(Cc3cc(C(F)(F)F)ccc3C(F)(F)F)n2)[C@H](O)[C@H]1O. The van der Waals surface area contributed by atoms with Crippen molar-refractivity contribution in [3.05, 3.63) is 70.9 Å². The molecule has 0 radical (unpaired) electrons. The summed E-state index contributed by atoms with van der Waals surface area (Å²) in [5, 5.41) is 27.3. The minimum Gasteiger partial charge on any atom is -0.388 e. The van der Waals surface area contributed by atoms with Crippen LogP contribution in [0.3, 0.4) is 0 Å². The number of nitrogens with zero attached hydrogens (tertiary/aromatic N) is 4. The molecule has 1 aromatic carbocycles. The lowest BCUT2D eigenvalue weighted by Crippen LogP contribution is -2.38. The van der Waals surface area contributed by atoms with Gasteiger partial charge in [-0.05, 0) is 29.8 Å². The van der Waals surface area contributed by atoms with Crippen LogP contribution in [-0.4, -0.2) is 75.6 Å². The summed E-state index contributed by atoms with van der Waals surface area (Å²) in [5.74, 6) is -0.995. The molecule has 3 aromatic rings. The molecule has 1 saturated carbocycles. The normalized spacial score (nSPS) is 21.5. The van der Waals surface area contributed by atoms with Gasteiger partial charge in [0.05, 0.1) is 29.3 Å². The van der Waals surface area contributed by atoms with Gasteiger partial charge in [-0.25, -0.2) is 9.97 Å². The van der Waals surface area contributed by atoms with E-state index in [0.29, 0.717) is 18.2 Å². The summed E-state index contributed by atoms with van der Waals surface area (Å²) < 4.78 is 111. The Morgan fingerprint density at radius 3 is 2.48 bits per heavy atom. The molecule has 42 heavy (non-hydrogen) atoms. The monoisotopic (exact) mass is 624 g/mol. The van der Waals surface area contributed by atoms with Gasteiger partial charge in [-0.2, -0.15) is 44.6 Å². The molecule has 0 spiro atoms. The summed E-state index contributed by atoms with van der Waals surface area (Å²) >= 11 is 0. The third kappa shape index (κ3) is 6.86. The fourth-order valence-electron chi connectivity index (χ4n) is 4.29. The van der Waals surface area contributed by atoms with Gasteiger partial charge in [0.25, 0.3) is 0 Å². The number of alkyl halides is 6. The van der Waals surface area contributed by atoms with Crippen LogP contribution in [0, 0.1) is 0 Å². The lowest BCUT2D eigenvalue weighted by Gasteiger charge is -2.19. The molecule has 0 amide bonds. The van der Waals surface area contributed by atoms with E-state index in [-0.39, 0.29) is 23.5 Å². The van der Waals surface area contributed by atoms with E-state index in [1.165, 1.54) is 0 Å². The number of nitrogens with one attached hydrogen (secondary N) is 2. The number of anilines is 1. The smallest absolute Gasteiger partial charge is 0.388 e. The van der Waals surface area contributed by atoms with Gasteiger partial charge in [-0.3, -0.25) is 13.7 Å². The van der Waals surface area contributed by atoms with Gasteiger partial charge < -0.3 is 15.5 Å². The lowest BCUT2D eigenvalue weighted by molar-refractivity contribution is -0.141. The summed E-state index contributed by atoms with van der Waals surface area (Å²) in [6.07, 6.45) is -11.4. The van der Waals surface area contributed by atoms with Gasteiger partial charge in [0, 0.05) is 25.9 Å². The predicted molar refractivity (Wildman–Crippen MR) is 130 cm³/mol. The van der Waals surface area contributed by atoms with E-state index in [2.05, 4.69) is 20.4 Å². The van der Waals surface area contributed by atoms with Gasteiger partial charge in [0.15, 0.2) is 0 Å². The van der Waals surface area contributed by atoms with E-state index >= 15 is 0 Å². The second kappa shape index (κ2) is 11.6. The molecule has 19 heteroatoms. The Kier molecular flexibility index (Phi) is 8.61. The van der Waals surface area contributed by atoms with Crippen molar-refractivity contribution in [3.63, 3.8) is 0 Å². The topological polar surface area (TPSA) is 169 Å². The molecule has 1 aliphatic rings. The van der Waals surface area contributed by atoms with Gasteiger partial charge in [0.1, 0.15) is 36.2 Å². The van der Waals surface area contributed by atoms with E-state index in [0.717, 1.165) is 36.5 Å². The number of aliphatic hydroxyl groups excluding tert-OH is 2. The number of aliphatic hydroxyl groups is 2. The number of halogens is 6. The van der Waals surface area contributed by atoms with E-state index in [4.69, 9.17) is 4.18 Å². The summed E-state index contributed by atoms with van der Waals surface area (Å²) in [4.78, 5) is 20.9. The van der Waals surface area contributed by atoms with Crippen LogP contribution >= 0.6 is 0 Å². The van der Waals surface area contributed by atoms with Gasteiger partial charge in [-0.15, -0.1) is 0 Å². The third-order valence-electron chi connectivity index (χ3n) is 6.35. The van der Waals surface area contributed by atoms with Crippen LogP contribution < -0.4 is 10.0 Å². The first kappa shape index (κ1) is 31.3. The molecule has 0 saturated heterocycles. The third-order valence-corrected chi connectivity index (χ3v) is 7.35. The minimum absolute atomic E-state index is 0.157. The van der Waals surface area contributed by atoms with Crippen LogP contribution in [0.1, 0.15) is 39.2 Å². The van der Waals surface area contributed by atoms with Crippen molar-refractivity contribution >= 4 is 21.9 Å². The van der Waals surface area contributed by atoms with Crippen LogP contribution in [0.25, 0.3) is 0 Å². The lowest BCUT2D eigenvalue weighted by atomic mass is 10.0. The van der Waals surface area contributed by atoms with Gasteiger partial charge in [-0.1, -0.05) is 0 Å². The van der Waals surface area contributed by atoms with E-state index in [1.54, 1.807) is 0 Å². The van der Waals surface area contributed by atoms with Crippen molar-refractivity contribution in [1.82, 2.24) is 24.5 Å². The highest BCUT2D eigenvalue weighted by atomic mass is 32.2. The molecule has 0 aliphatic heterocycles. The molecule has 228 valence electrons. The number of benzene rings is 1. The zero-order valence-corrected chi connectivity index (χ0v) is 22.1. The van der Waals surface area contributed by atoms with Crippen LogP contribution in [-0.2, 0) is 33.4 Å². The Labute approximate surface area is 233 Å². The number of ketones is 1. The summed E-state index contributed by atoms with van der Waals surface area (Å²) in [5.41, 5.74) is -3.85. The second-order valence-electron chi connectivity index (χ2n) is 9.14. The molecule has 1 fully saturated rings. The van der Waals surface area contributed by atoms with Crippen molar-refractivity contribution < 1.29 is 54.0 Å². The molecular formula is C23H22F6N6O6S. The highest BCUT2D eigenvalue weighted by molar-refractivity contribution is 7.84. The maximum absolute atomic E-state index is 13.5. The number of hydrogen-bond acceptors (Lipinski definition) is 10. The zero-order chi connectivity index (χ0) is 31.0. The average Bonchev–Trinajstić information content (AvgIpc) is 3.47. The molecule has 2 heterocycles. The largest absolute Gasteiger partial charge is 0.416 e. The molecule has 4 rings (SSSR count). The van der Waals surface area contributed by atoms with Crippen LogP contribution in [0.4, 0.5) is 32.2 Å². The highest BCUT2D eigenvalue weighted by Crippen LogP contribution is 2.37. The van der Waals surface area contributed by atoms with E-state index in [1.807, 2.05) is 4.72 Å². The van der Waals surface area contributed by atoms with Crippen LogP contribution in [0.15, 0.2) is 43.0 Å². The maximum Gasteiger partial charge on any atom is 0.416 e. The quantitative estimate of drug-likeness (QED) is 0.203. The number of carbonyl (C=O) groups is 1. The molecule has 12 nitrogen and oxygen atoms in total. The van der Waals surface area contributed by atoms with Crippen molar-refractivity contribution in [1.29, 1.82) is 0 Å². The Hall–Kier alpha value is -3.65. The van der Waals surface area contributed by atoms with Crippen LogP contribution in [0.5, 0.6) is 0 Å². The fourth-order valence-corrected chi connectivity index (χ4v) is 4.90. The van der Waals surface area contributed by atoms with E-state index < -0.39 is 76.0 Å². The van der Waals surface area contributed by atoms with Gasteiger partial charge >= 0.3 is 22.7 Å². The fraction of sp³-hybridized carbons (Fsp3) is 0.391. The standard InChI is InChI=1S/C23H22F6N6O6S/c1-30-42(39,40)41-17-7-16(19(37)20(17)38)33-21-13(8-31-10-32-21)18(36)15-4-5-35(34-15)9-11-6-12(22(24,25)26)2-3-14(11)23(27,28)29/h2-6,8,10,16-17,19-20,30,37-38H,7,9H2,1H3,(H,31,32,33)/t16-,17-,19+,20+/m1/s1. The van der Waals surface area contributed by atoms with Crippen LogP contribution in [0.2, 0.25) is 0 Å². The number of hydrogen-bond donors (Lipinski definition) is 4. The molecule has 1 aliphatic carbocycles. The first-order chi connectivity index (χ1) is 19.5. The molecular weight excluding hydrogens is 602 g/mol. The zero-order valence-electron chi connectivity index (χ0n) is 21.3. The first-order valence-electron chi connectivity index (χ1n) is 11.9. The summed E-state index contributed by atoms with van der Waals surface area (Å²) in [7, 11) is -3.13. The molecule has 4 atom stereocenters. The number of carbonyl (C=O) groups excluding carboxylic acids is 1. The average molecular weight is 625 g/mol. The Balaban J connectivity index is 1.56. The summed E-state index contributed by atoms with van der Waals surface area (Å²) in [6.45, 7) is -0.745. The van der Waals surface area contributed by atoms with Gasteiger partial charge in [0.2, 0.25) is 5.78 Å². The minimum atomic E-state index is -4.95. The predicted octanol–water partition coefficient (Wildman–Crippen LogP) is 1.75. The maximum atomic E-state index is 13.5. The molecule has 2 aromatic heterocycles. The molecule has 0 bridgehead atoms. The Bertz CT molecular complexity index is 1560. The van der Waals surface area contributed by atoms with Crippen molar-refractivity contribution in [3.8, 4) is 0 Å². The summed E-state index contributed by atoms with van der Waals surface area (Å²) in [6, 6.07) is 1.09. The van der Waals surface area contributed by atoms with Crippen molar-refractivity contribution in [2.45, 2.75) is 49.7 Å². The Morgan fingerprint density at radius 2 is 1.83 bits per heavy atom. The molecule has 4 N–H and O–H groups in total. The van der Waals surface area contributed by atoms with Crippen molar-refractivity contribution in [2.24, 2.45) is 0 Å². The first-order valence-corrected chi connectivity index (χ1v) is 13.3. The van der Waals surface area contributed by atoms with Crippen molar-refractivity contribution in [2.75, 3.05) is 12.4 Å². The van der Waals surface area contributed by atoms with E-state index in [9.17, 15) is 49.8 Å². The molecule has 0 unspecified atom stereocenters. The number of rotatable bonds is 9. The Morgan fingerprint density at radius 1 is 1.12 bits per heavy atom. The second-order valence-corrected chi connectivity index (χ2v) is 10.6.